The van der Waals surface area contributed by atoms with E-state index in [0.29, 0.717) is 11.7 Å². The van der Waals surface area contributed by atoms with Gasteiger partial charge in [0.15, 0.2) is 5.16 Å². The van der Waals surface area contributed by atoms with Crippen LogP contribution in [0.2, 0.25) is 0 Å². The van der Waals surface area contributed by atoms with Gasteiger partial charge in [-0.2, -0.15) is 0 Å². The first-order chi connectivity index (χ1) is 15.2. The Morgan fingerprint density at radius 3 is 2.48 bits per heavy atom. The molecule has 0 saturated carbocycles. The molecule has 1 unspecified atom stereocenters. The maximum Gasteiger partial charge on any atom is 0.230 e. The van der Waals surface area contributed by atoms with E-state index in [1.54, 1.807) is 13.4 Å². The topological polar surface area (TPSA) is 72.3 Å². The number of likely N-dealkylation sites (N-methyl/N-ethyl adjacent to an activating group) is 1. The molecule has 8 heteroatoms. The SMILES string of the molecule is CCN(CC)C(CNC(=O)CSc1nncn1-c1ccc(OC)cc1)c1ccccc1. The highest BCUT2D eigenvalue weighted by atomic mass is 32.2. The normalized spacial score (nSPS) is 12.0. The van der Waals surface area contributed by atoms with Gasteiger partial charge in [0.25, 0.3) is 0 Å². The van der Waals surface area contributed by atoms with E-state index in [2.05, 4.69) is 46.4 Å². The van der Waals surface area contributed by atoms with Crippen molar-refractivity contribution in [1.82, 2.24) is 25.0 Å². The van der Waals surface area contributed by atoms with E-state index in [1.165, 1.54) is 17.3 Å². The summed E-state index contributed by atoms with van der Waals surface area (Å²) >= 11 is 1.37. The minimum Gasteiger partial charge on any atom is -0.497 e. The maximum atomic E-state index is 12.6. The van der Waals surface area contributed by atoms with Crippen LogP contribution >= 0.6 is 11.8 Å². The van der Waals surface area contributed by atoms with E-state index in [9.17, 15) is 4.79 Å². The number of carbonyl (C=O) groups is 1. The number of hydrogen-bond donors (Lipinski definition) is 1. The Hall–Kier alpha value is -2.84. The number of rotatable bonds is 11. The minimum atomic E-state index is -0.0256. The second-order valence-corrected chi connectivity index (χ2v) is 7.86. The van der Waals surface area contributed by atoms with Gasteiger partial charge in [-0.3, -0.25) is 14.3 Å². The number of thioether (sulfide) groups is 1. The van der Waals surface area contributed by atoms with Gasteiger partial charge in [0.1, 0.15) is 12.1 Å². The highest BCUT2D eigenvalue weighted by Gasteiger charge is 2.19. The molecule has 0 radical (unpaired) electrons. The van der Waals surface area contributed by atoms with Gasteiger partial charge in [0.2, 0.25) is 5.91 Å². The summed E-state index contributed by atoms with van der Waals surface area (Å²) in [5, 5.41) is 11.9. The Bertz CT molecular complexity index is 942. The molecule has 31 heavy (non-hydrogen) atoms. The molecule has 1 amide bonds. The van der Waals surface area contributed by atoms with Crippen LogP contribution in [0.25, 0.3) is 5.69 Å². The highest BCUT2D eigenvalue weighted by molar-refractivity contribution is 7.99. The summed E-state index contributed by atoms with van der Waals surface area (Å²) in [4.78, 5) is 14.9. The van der Waals surface area contributed by atoms with Crippen molar-refractivity contribution in [3.63, 3.8) is 0 Å². The summed E-state index contributed by atoms with van der Waals surface area (Å²) < 4.78 is 7.07. The van der Waals surface area contributed by atoms with Crippen LogP contribution in [-0.4, -0.2) is 58.1 Å². The summed E-state index contributed by atoms with van der Waals surface area (Å²) in [5.74, 6) is 1.03. The molecule has 0 saturated heterocycles. The third kappa shape index (κ3) is 6.08. The predicted molar refractivity (Wildman–Crippen MR) is 124 cm³/mol. The molecule has 0 aliphatic heterocycles. The van der Waals surface area contributed by atoms with E-state index < -0.39 is 0 Å². The number of methoxy groups -OCH3 is 1. The lowest BCUT2D eigenvalue weighted by molar-refractivity contribution is -0.118. The lowest BCUT2D eigenvalue weighted by atomic mass is 10.1. The molecule has 0 bridgehead atoms. The molecular formula is C23H29N5O2S. The number of benzene rings is 2. The molecule has 2 aromatic carbocycles. The monoisotopic (exact) mass is 439 g/mol. The first-order valence-corrected chi connectivity index (χ1v) is 11.4. The fourth-order valence-electron chi connectivity index (χ4n) is 3.43. The lowest BCUT2D eigenvalue weighted by Crippen LogP contribution is -2.38. The standard InChI is InChI=1S/C23H29N5O2S/c1-4-27(5-2)21(18-9-7-6-8-10-18)15-24-22(29)16-31-23-26-25-17-28(23)19-11-13-20(30-3)14-12-19/h6-14,17,21H,4-5,15-16H2,1-3H3,(H,24,29). The number of nitrogens with zero attached hydrogens (tertiary/aromatic N) is 4. The number of aromatic nitrogens is 3. The van der Waals surface area contributed by atoms with Gasteiger partial charge < -0.3 is 10.1 Å². The number of carbonyl (C=O) groups excluding carboxylic acids is 1. The molecule has 0 aliphatic carbocycles. The van der Waals surface area contributed by atoms with Crippen molar-refractivity contribution in [3.8, 4) is 11.4 Å². The minimum absolute atomic E-state index is 0.0256. The van der Waals surface area contributed by atoms with E-state index in [4.69, 9.17) is 4.74 Å². The van der Waals surface area contributed by atoms with Crippen LogP contribution in [0.1, 0.15) is 25.5 Å². The highest BCUT2D eigenvalue weighted by Crippen LogP contribution is 2.22. The van der Waals surface area contributed by atoms with Crippen LogP contribution in [0, 0.1) is 0 Å². The second-order valence-electron chi connectivity index (χ2n) is 6.92. The molecule has 1 heterocycles. The first-order valence-electron chi connectivity index (χ1n) is 10.4. The largest absolute Gasteiger partial charge is 0.497 e. The smallest absolute Gasteiger partial charge is 0.230 e. The van der Waals surface area contributed by atoms with E-state index in [-0.39, 0.29) is 17.7 Å². The molecule has 0 aliphatic rings. The number of amides is 1. The average molecular weight is 440 g/mol. The van der Waals surface area contributed by atoms with Crippen molar-refractivity contribution >= 4 is 17.7 Å². The quantitative estimate of drug-likeness (QED) is 0.461. The predicted octanol–water partition coefficient (Wildman–Crippen LogP) is 3.57. The van der Waals surface area contributed by atoms with Gasteiger partial charge in [-0.1, -0.05) is 55.9 Å². The van der Waals surface area contributed by atoms with Gasteiger partial charge in [0.05, 0.1) is 18.9 Å². The van der Waals surface area contributed by atoms with Crippen LogP contribution in [0.4, 0.5) is 0 Å². The van der Waals surface area contributed by atoms with Crippen LogP contribution < -0.4 is 10.1 Å². The van der Waals surface area contributed by atoms with Gasteiger partial charge in [-0.15, -0.1) is 10.2 Å². The maximum absolute atomic E-state index is 12.6. The van der Waals surface area contributed by atoms with Crippen molar-refractivity contribution in [2.45, 2.75) is 25.0 Å². The Balaban J connectivity index is 1.59. The van der Waals surface area contributed by atoms with Gasteiger partial charge in [-0.25, -0.2) is 0 Å². The fourth-order valence-corrected chi connectivity index (χ4v) is 4.19. The molecule has 164 valence electrons. The average Bonchev–Trinajstić information content (AvgIpc) is 3.29. The van der Waals surface area contributed by atoms with Crippen LogP contribution in [0.5, 0.6) is 5.75 Å². The second kappa shape index (κ2) is 11.5. The Kier molecular flexibility index (Phi) is 8.49. The Morgan fingerprint density at radius 2 is 1.84 bits per heavy atom. The molecule has 0 spiro atoms. The molecule has 3 rings (SSSR count). The summed E-state index contributed by atoms with van der Waals surface area (Å²) in [6.07, 6.45) is 1.65. The van der Waals surface area contributed by atoms with Crippen molar-refractivity contribution in [1.29, 1.82) is 0 Å². The molecule has 1 N–H and O–H groups in total. The summed E-state index contributed by atoms with van der Waals surface area (Å²) in [6.45, 7) is 6.69. The van der Waals surface area contributed by atoms with E-state index >= 15 is 0 Å². The molecule has 1 aromatic heterocycles. The molecule has 0 fully saturated rings. The fraction of sp³-hybridized carbons (Fsp3) is 0.348. The zero-order chi connectivity index (χ0) is 22.1. The lowest BCUT2D eigenvalue weighted by Gasteiger charge is -2.30. The Labute approximate surface area is 187 Å². The van der Waals surface area contributed by atoms with Crippen LogP contribution in [0.3, 0.4) is 0 Å². The molecule has 3 aromatic rings. The van der Waals surface area contributed by atoms with E-state index in [0.717, 1.165) is 24.5 Å². The van der Waals surface area contributed by atoms with Gasteiger partial charge >= 0.3 is 0 Å². The number of ether oxygens (including phenoxy) is 1. The third-order valence-electron chi connectivity index (χ3n) is 5.13. The van der Waals surface area contributed by atoms with Crippen molar-refractivity contribution in [3.05, 3.63) is 66.5 Å². The molecule has 7 nitrogen and oxygen atoms in total. The van der Waals surface area contributed by atoms with Crippen molar-refractivity contribution in [2.24, 2.45) is 0 Å². The Morgan fingerprint density at radius 1 is 1.13 bits per heavy atom. The van der Waals surface area contributed by atoms with E-state index in [1.807, 2.05) is 47.0 Å². The number of hydrogen-bond acceptors (Lipinski definition) is 6. The summed E-state index contributed by atoms with van der Waals surface area (Å²) in [7, 11) is 1.64. The zero-order valence-corrected chi connectivity index (χ0v) is 19.0. The molecular weight excluding hydrogens is 410 g/mol. The third-order valence-corrected chi connectivity index (χ3v) is 6.07. The van der Waals surface area contributed by atoms with Gasteiger partial charge in [-0.05, 0) is 42.9 Å². The number of nitrogens with one attached hydrogen (secondary N) is 1. The zero-order valence-electron chi connectivity index (χ0n) is 18.2. The van der Waals surface area contributed by atoms with Gasteiger partial charge in [0, 0.05) is 12.2 Å². The van der Waals surface area contributed by atoms with Crippen LogP contribution in [-0.2, 0) is 4.79 Å². The van der Waals surface area contributed by atoms with Crippen molar-refractivity contribution < 1.29 is 9.53 Å². The molecule has 1 atom stereocenters. The van der Waals surface area contributed by atoms with Crippen LogP contribution in [0.15, 0.2) is 66.1 Å². The first kappa shape index (κ1) is 22.8. The van der Waals surface area contributed by atoms with Crippen molar-refractivity contribution in [2.75, 3.05) is 32.5 Å². The summed E-state index contributed by atoms with van der Waals surface area (Å²) in [6, 6.07) is 18.1. The summed E-state index contributed by atoms with van der Waals surface area (Å²) in [5.41, 5.74) is 2.12.